The Morgan fingerprint density at radius 3 is 2.87 bits per heavy atom. The number of carbonyl (C=O) groups is 2. The van der Waals surface area contributed by atoms with Crippen molar-refractivity contribution in [1.29, 1.82) is 0 Å². The number of methoxy groups -OCH3 is 1. The van der Waals surface area contributed by atoms with Crippen molar-refractivity contribution in [2.24, 2.45) is 5.92 Å². The van der Waals surface area contributed by atoms with Gasteiger partial charge in [0.1, 0.15) is 5.75 Å². The highest BCUT2D eigenvalue weighted by Gasteiger charge is 2.27. The molecule has 3 aromatic rings. The molecule has 1 aliphatic rings. The van der Waals surface area contributed by atoms with E-state index < -0.39 is 0 Å². The summed E-state index contributed by atoms with van der Waals surface area (Å²) in [6.45, 7) is 3.79. The summed E-state index contributed by atoms with van der Waals surface area (Å²) >= 11 is 1.19. The molecule has 0 saturated carbocycles. The van der Waals surface area contributed by atoms with E-state index in [1.807, 2.05) is 31.2 Å². The molecular weight excluding hydrogens is 416 g/mol. The van der Waals surface area contributed by atoms with Crippen LogP contribution in [0.4, 0.5) is 5.95 Å². The lowest BCUT2D eigenvalue weighted by Gasteiger charge is -2.21. The van der Waals surface area contributed by atoms with Crippen LogP contribution in [-0.2, 0) is 11.2 Å². The fourth-order valence-corrected chi connectivity index (χ4v) is 4.18. The van der Waals surface area contributed by atoms with Gasteiger partial charge >= 0.3 is 0 Å². The second kappa shape index (κ2) is 8.84. The number of thioether (sulfide) groups is 1. The number of H-pyrrole nitrogens is 1. The summed E-state index contributed by atoms with van der Waals surface area (Å²) in [6, 6.07) is 7.48. The molecule has 0 radical (unpaired) electrons. The third-order valence-corrected chi connectivity index (χ3v) is 5.78. The van der Waals surface area contributed by atoms with Gasteiger partial charge in [-0.25, -0.2) is 15.0 Å². The summed E-state index contributed by atoms with van der Waals surface area (Å²) in [7, 11) is 1.59. The molecule has 1 aromatic carbocycles. The maximum absolute atomic E-state index is 12.4. The minimum atomic E-state index is -0.275. The zero-order chi connectivity index (χ0) is 22.0. The minimum absolute atomic E-state index is 0.0649. The van der Waals surface area contributed by atoms with E-state index in [1.165, 1.54) is 11.8 Å². The summed E-state index contributed by atoms with van der Waals surface area (Å²) in [5, 5.41) is 10.2. The second-order valence-corrected chi connectivity index (χ2v) is 8.34. The van der Waals surface area contributed by atoms with Crippen molar-refractivity contribution < 1.29 is 14.3 Å². The number of para-hydroxylation sites is 1. The van der Waals surface area contributed by atoms with Crippen molar-refractivity contribution in [3.05, 3.63) is 41.2 Å². The largest absolute Gasteiger partial charge is 0.496 e. The van der Waals surface area contributed by atoms with Gasteiger partial charge in [0, 0.05) is 6.42 Å². The molecule has 2 N–H and O–H groups in total. The number of Topliss-reactive ketones (excluding diaryl/α,β-unsaturated/α-hetero) is 1. The smallest absolute Gasteiger partial charge is 0.237 e. The van der Waals surface area contributed by atoms with Crippen LogP contribution in [0.5, 0.6) is 5.75 Å². The van der Waals surface area contributed by atoms with Crippen molar-refractivity contribution in [2.45, 2.75) is 31.8 Å². The van der Waals surface area contributed by atoms with E-state index in [9.17, 15) is 9.59 Å². The Bertz CT molecular complexity index is 1150. The van der Waals surface area contributed by atoms with Crippen LogP contribution in [0.25, 0.3) is 11.4 Å². The van der Waals surface area contributed by atoms with Crippen LogP contribution in [0.3, 0.4) is 0 Å². The van der Waals surface area contributed by atoms with Crippen LogP contribution in [0.15, 0.2) is 29.4 Å². The molecule has 31 heavy (non-hydrogen) atoms. The van der Waals surface area contributed by atoms with Gasteiger partial charge in [-0.1, -0.05) is 30.8 Å². The number of rotatable bonds is 6. The number of carbonyl (C=O) groups excluding carboxylic acids is 2. The van der Waals surface area contributed by atoms with Crippen molar-refractivity contribution in [3.63, 3.8) is 0 Å². The molecule has 4 rings (SSSR count). The van der Waals surface area contributed by atoms with E-state index >= 15 is 0 Å². The Balaban J connectivity index is 1.40. The molecule has 0 fully saturated rings. The molecule has 9 nitrogen and oxygen atoms in total. The lowest BCUT2D eigenvalue weighted by atomic mass is 9.86. The first-order valence-corrected chi connectivity index (χ1v) is 10.8. The predicted octanol–water partition coefficient (Wildman–Crippen LogP) is 3.07. The number of benzene rings is 1. The maximum Gasteiger partial charge on any atom is 0.237 e. The lowest BCUT2D eigenvalue weighted by molar-refractivity contribution is -0.113. The average molecular weight is 439 g/mol. The summed E-state index contributed by atoms with van der Waals surface area (Å²) in [5.41, 5.74) is 2.68. The average Bonchev–Trinajstić information content (AvgIpc) is 3.20. The van der Waals surface area contributed by atoms with E-state index in [4.69, 9.17) is 4.74 Å². The number of nitrogens with zero attached hydrogens (tertiary/aromatic N) is 4. The zero-order valence-corrected chi connectivity index (χ0v) is 18.2. The van der Waals surface area contributed by atoms with Crippen LogP contribution >= 0.6 is 11.8 Å². The Hall–Kier alpha value is -3.27. The highest BCUT2D eigenvalue weighted by atomic mass is 32.2. The summed E-state index contributed by atoms with van der Waals surface area (Å²) < 4.78 is 5.34. The number of aryl methyl sites for hydroxylation is 1. The summed E-state index contributed by atoms with van der Waals surface area (Å²) in [6.07, 6.45) is 1.21. The molecule has 2 heterocycles. The first kappa shape index (κ1) is 21.0. The van der Waals surface area contributed by atoms with Gasteiger partial charge < -0.3 is 4.74 Å². The Kier molecular flexibility index (Phi) is 5.99. The normalized spacial score (nSPS) is 15.5. The highest BCUT2D eigenvalue weighted by molar-refractivity contribution is 7.99. The van der Waals surface area contributed by atoms with Crippen LogP contribution in [0.2, 0.25) is 0 Å². The molecule has 0 saturated heterocycles. The number of amides is 1. The minimum Gasteiger partial charge on any atom is -0.496 e. The van der Waals surface area contributed by atoms with Gasteiger partial charge in [-0.15, -0.1) is 5.10 Å². The summed E-state index contributed by atoms with van der Waals surface area (Å²) in [5.74, 6) is 1.58. The number of nitrogens with one attached hydrogen (secondary N) is 2. The number of hydrogen-bond acceptors (Lipinski definition) is 8. The first-order valence-electron chi connectivity index (χ1n) is 9.83. The molecule has 2 aromatic heterocycles. The molecule has 1 atom stereocenters. The van der Waals surface area contributed by atoms with Crippen molar-refractivity contribution in [2.75, 3.05) is 18.2 Å². The molecule has 160 valence electrons. The van der Waals surface area contributed by atoms with Crippen LogP contribution in [0, 0.1) is 12.8 Å². The lowest BCUT2D eigenvalue weighted by Crippen LogP contribution is -2.24. The quantitative estimate of drug-likeness (QED) is 0.563. The molecule has 0 spiro atoms. The number of ether oxygens (including phenoxy) is 1. The van der Waals surface area contributed by atoms with Crippen molar-refractivity contribution in [3.8, 4) is 17.1 Å². The molecular formula is C21H22N6O3S. The number of aromatic nitrogens is 5. The molecule has 1 aliphatic carbocycles. The van der Waals surface area contributed by atoms with Gasteiger partial charge in [-0.2, -0.15) is 0 Å². The molecule has 0 aliphatic heterocycles. The third-order valence-electron chi connectivity index (χ3n) is 4.93. The van der Waals surface area contributed by atoms with E-state index in [0.29, 0.717) is 46.5 Å². The Labute approximate surface area is 183 Å². The van der Waals surface area contributed by atoms with Gasteiger partial charge in [0.05, 0.1) is 35.4 Å². The van der Waals surface area contributed by atoms with E-state index in [0.717, 1.165) is 5.56 Å². The number of ketones is 1. The van der Waals surface area contributed by atoms with E-state index in [2.05, 4.69) is 30.5 Å². The number of aromatic amines is 1. The second-order valence-electron chi connectivity index (χ2n) is 7.39. The third kappa shape index (κ3) is 4.58. The highest BCUT2D eigenvalue weighted by Crippen LogP contribution is 2.28. The number of hydrogen-bond donors (Lipinski definition) is 2. The Morgan fingerprint density at radius 2 is 2.06 bits per heavy atom. The predicted molar refractivity (Wildman–Crippen MR) is 116 cm³/mol. The Morgan fingerprint density at radius 1 is 1.26 bits per heavy atom. The van der Waals surface area contributed by atoms with Crippen LogP contribution in [-0.4, -0.2) is 49.7 Å². The molecule has 10 heteroatoms. The fraction of sp³-hybridized carbons (Fsp3) is 0.333. The van der Waals surface area contributed by atoms with Gasteiger partial charge in [0.15, 0.2) is 11.6 Å². The monoisotopic (exact) mass is 438 g/mol. The number of anilines is 1. The van der Waals surface area contributed by atoms with Gasteiger partial charge in [0.25, 0.3) is 0 Å². The van der Waals surface area contributed by atoms with Gasteiger partial charge in [-0.05, 0) is 31.4 Å². The van der Waals surface area contributed by atoms with E-state index in [-0.39, 0.29) is 29.3 Å². The van der Waals surface area contributed by atoms with Crippen molar-refractivity contribution in [1.82, 2.24) is 25.1 Å². The van der Waals surface area contributed by atoms with Crippen LogP contribution < -0.4 is 10.1 Å². The van der Waals surface area contributed by atoms with Gasteiger partial charge in [0.2, 0.25) is 17.0 Å². The summed E-state index contributed by atoms with van der Waals surface area (Å²) in [4.78, 5) is 37.8. The van der Waals surface area contributed by atoms with Crippen LogP contribution in [0.1, 0.15) is 35.1 Å². The van der Waals surface area contributed by atoms with Crippen molar-refractivity contribution >= 4 is 29.4 Å². The van der Waals surface area contributed by atoms with Gasteiger partial charge in [-0.3, -0.25) is 20.0 Å². The van der Waals surface area contributed by atoms with E-state index in [1.54, 1.807) is 14.0 Å². The first-order chi connectivity index (χ1) is 14.9. The molecule has 0 bridgehead atoms. The molecule has 1 unspecified atom stereocenters. The zero-order valence-electron chi connectivity index (χ0n) is 17.4. The molecule has 1 amide bonds. The topological polar surface area (TPSA) is 123 Å². The standard InChI is InChI=1S/C21H22N6O3S/c1-11-8-14-18(15(28)9-11)12(2)22-20(23-14)24-17(29)10-31-21-25-19(26-27-21)13-6-4-5-7-16(13)30-3/h4-7,11H,8-10H2,1-3H3,(H,25,26,27)(H,22,23,24,29). The maximum atomic E-state index is 12.4. The fourth-order valence-electron chi connectivity index (χ4n) is 3.58. The SMILES string of the molecule is COc1ccccc1-c1nc(SCC(=O)Nc2nc(C)c3c(n2)CC(C)CC3=O)n[nH]1. The number of fused-ring (bicyclic) bond motifs is 1.